The van der Waals surface area contributed by atoms with Gasteiger partial charge < -0.3 is 14.4 Å². The molecule has 0 heterocycles. The third-order valence-corrected chi connectivity index (χ3v) is 3.67. The van der Waals surface area contributed by atoms with Gasteiger partial charge in [-0.05, 0) is 30.4 Å². The minimum Gasteiger partial charge on any atom is -0.489 e. The molecule has 0 saturated heterocycles. The van der Waals surface area contributed by atoms with E-state index >= 15 is 0 Å². The molecule has 0 fully saturated rings. The third kappa shape index (κ3) is 6.15. The summed E-state index contributed by atoms with van der Waals surface area (Å²) < 4.78 is 11.0. The smallest absolute Gasteiger partial charge is 0.259 e. The molecule has 5 heteroatoms. The number of ether oxygens (including phenoxy) is 2. The van der Waals surface area contributed by atoms with Crippen molar-refractivity contribution >= 4 is 17.8 Å². The first-order valence-electron chi connectivity index (χ1n) is 8.49. The number of ketones is 1. The lowest BCUT2D eigenvalue weighted by atomic mass is 10.1. The van der Waals surface area contributed by atoms with Crippen molar-refractivity contribution in [2.45, 2.75) is 0 Å². The number of carbonyl (C=O) groups is 2. The summed E-state index contributed by atoms with van der Waals surface area (Å²) in [6.07, 6.45) is 4.86. The van der Waals surface area contributed by atoms with E-state index in [2.05, 4.69) is 6.58 Å². The Morgan fingerprint density at radius 2 is 1.85 bits per heavy atom. The Balaban J connectivity index is 2.08. The number of amides is 1. The van der Waals surface area contributed by atoms with Crippen molar-refractivity contribution in [2.75, 3.05) is 27.3 Å². The van der Waals surface area contributed by atoms with Gasteiger partial charge in [0.15, 0.2) is 12.4 Å². The Hall–Kier alpha value is -3.34. The standard InChI is InChI=1S/C22H23NO4/c1-4-14-26-21-11-6-5-8-17(21)12-13-20(24)18-9-7-10-19(15-18)27-16-22(25)23(2)3/h4-13,15H,1,14,16H2,2-3H3/b13-12+. The van der Waals surface area contributed by atoms with Gasteiger partial charge in [-0.1, -0.05) is 43.0 Å². The van der Waals surface area contributed by atoms with Gasteiger partial charge in [-0.15, -0.1) is 0 Å². The highest BCUT2D eigenvalue weighted by atomic mass is 16.5. The van der Waals surface area contributed by atoms with Crippen LogP contribution in [0.15, 0.2) is 67.3 Å². The number of para-hydroxylation sites is 1. The molecule has 2 rings (SSSR count). The average molecular weight is 365 g/mol. The first-order chi connectivity index (χ1) is 13.0. The maximum Gasteiger partial charge on any atom is 0.259 e. The van der Waals surface area contributed by atoms with Crippen LogP contribution < -0.4 is 9.47 Å². The summed E-state index contributed by atoms with van der Waals surface area (Å²) in [5.41, 5.74) is 1.28. The first-order valence-corrected chi connectivity index (χ1v) is 8.49. The van der Waals surface area contributed by atoms with E-state index in [-0.39, 0.29) is 18.3 Å². The minimum absolute atomic E-state index is 0.0749. The maximum atomic E-state index is 12.5. The maximum absolute atomic E-state index is 12.5. The van der Waals surface area contributed by atoms with Gasteiger partial charge in [0.05, 0.1) is 0 Å². The normalized spacial score (nSPS) is 10.4. The second-order valence-corrected chi connectivity index (χ2v) is 5.94. The summed E-state index contributed by atoms with van der Waals surface area (Å²) in [7, 11) is 3.32. The van der Waals surface area contributed by atoms with Crippen molar-refractivity contribution in [3.05, 3.63) is 78.4 Å². The lowest BCUT2D eigenvalue weighted by Crippen LogP contribution is -2.27. The van der Waals surface area contributed by atoms with Crippen LogP contribution in [0.1, 0.15) is 15.9 Å². The zero-order valence-electron chi connectivity index (χ0n) is 15.6. The molecule has 0 aliphatic carbocycles. The number of nitrogens with zero attached hydrogens (tertiary/aromatic N) is 1. The van der Waals surface area contributed by atoms with Crippen LogP contribution in [0.3, 0.4) is 0 Å². The summed E-state index contributed by atoms with van der Waals surface area (Å²) in [5, 5.41) is 0. The predicted octanol–water partition coefficient (Wildman–Crippen LogP) is 3.61. The summed E-state index contributed by atoms with van der Waals surface area (Å²) >= 11 is 0. The topological polar surface area (TPSA) is 55.8 Å². The molecule has 0 radical (unpaired) electrons. The van der Waals surface area contributed by atoms with Crippen molar-refractivity contribution in [1.29, 1.82) is 0 Å². The minimum atomic E-state index is -0.169. The number of likely N-dealkylation sites (N-methyl/N-ethyl adjacent to an activating group) is 1. The summed E-state index contributed by atoms with van der Waals surface area (Å²) in [4.78, 5) is 25.5. The van der Waals surface area contributed by atoms with Gasteiger partial charge in [-0.25, -0.2) is 0 Å². The van der Waals surface area contributed by atoms with Gasteiger partial charge in [-0.2, -0.15) is 0 Å². The molecule has 0 spiro atoms. The molecule has 0 N–H and O–H groups in total. The molecule has 0 aliphatic heterocycles. The summed E-state index contributed by atoms with van der Waals surface area (Å²) in [5.74, 6) is 0.834. The van der Waals surface area contributed by atoms with Crippen LogP contribution in [-0.4, -0.2) is 43.9 Å². The second kappa shape index (κ2) is 9.97. The molecule has 27 heavy (non-hydrogen) atoms. The van der Waals surface area contributed by atoms with Gasteiger partial charge in [0.1, 0.15) is 18.1 Å². The number of allylic oxidation sites excluding steroid dienone is 1. The van der Waals surface area contributed by atoms with Crippen LogP contribution in [0.5, 0.6) is 11.5 Å². The molecule has 0 atom stereocenters. The highest BCUT2D eigenvalue weighted by molar-refractivity contribution is 6.07. The Morgan fingerprint density at radius 3 is 2.59 bits per heavy atom. The lowest BCUT2D eigenvalue weighted by Gasteiger charge is -2.11. The molecule has 0 aliphatic rings. The third-order valence-electron chi connectivity index (χ3n) is 3.67. The number of hydrogen-bond donors (Lipinski definition) is 0. The molecule has 140 valence electrons. The molecule has 0 saturated carbocycles. The zero-order valence-corrected chi connectivity index (χ0v) is 15.6. The van der Waals surface area contributed by atoms with Crippen molar-refractivity contribution in [1.82, 2.24) is 4.90 Å². The molecule has 0 bridgehead atoms. The van der Waals surface area contributed by atoms with Gasteiger partial charge >= 0.3 is 0 Å². The van der Waals surface area contributed by atoms with Crippen LogP contribution in [0.4, 0.5) is 0 Å². The van der Waals surface area contributed by atoms with Gasteiger partial charge in [0.2, 0.25) is 0 Å². The largest absolute Gasteiger partial charge is 0.489 e. The summed E-state index contributed by atoms with van der Waals surface area (Å²) in [6.45, 7) is 3.95. The lowest BCUT2D eigenvalue weighted by molar-refractivity contribution is -0.130. The van der Waals surface area contributed by atoms with Crippen LogP contribution >= 0.6 is 0 Å². The highest BCUT2D eigenvalue weighted by Gasteiger charge is 2.08. The SMILES string of the molecule is C=CCOc1ccccc1/C=C/C(=O)c1cccc(OCC(=O)N(C)C)c1. The molecular formula is C22H23NO4. The Kier molecular flexibility index (Phi) is 7.37. The van der Waals surface area contributed by atoms with Gasteiger partial charge in [-0.3, -0.25) is 9.59 Å². The molecule has 5 nitrogen and oxygen atoms in total. The number of benzene rings is 2. The number of hydrogen-bond acceptors (Lipinski definition) is 4. The van der Waals surface area contributed by atoms with E-state index < -0.39 is 0 Å². The molecule has 0 unspecified atom stereocenters. The Bertz CT molecular complexity index is 840. The predicted molar refractivity (Wildman–Crippen MR) is 106 cm³/mol. The van der Waals surface area contributed by atoms with E-state index in [1.165, 1.54) is 11.0 Å². The molecule has 1 amide bonds. The Labute approximate surface area is 159 Å². The quantitative estimate of drug-likeness (QED) is 0.387. The molecular weight excluding hydrogens is 342 g/mol. The van der Waals surface area contributed by atoms with Crippen LogP contribution in [-0.2, 0) is 4.79 Å². The highest BCUT2D eigenvalue weighted by Crippen LogP contribution is 2.20. The fourth-order valence-electron chi connectivity index (χ4n) is 2.17. The van der Waals surface area contributed by atoms with Gasteiger partial charge in [0.25, 0.3) is 5.91 Å². The Morgan fingerprint density at radius 1 is 1.07 bits per heavy atom. The van der Waals surface area contributed by atoms with E-state index in [1.54, 1.807) is 50.5 Å². The molecule has 2 aromatic rings. The van der Waals surface area contributed by atoms with Crippen molar-refractivity contribution in [3.63, 3.8) is 0 Å². The van der Waals surface area contributed by atoms with E-state index in [0.29, 0.717) is 23.7 Å². The molecule has 0 aromatic heterocycles. The van der Waals surface area contributed by atoms with Crippen LogP contribution in [0.2, 0.25) is 0 Å². The van der Waals surface area contributed by atoms with E-state index in [1.807, 2.05) is 24.3 Å². The zero-order chi connectivity index (χ0) is 19.6. The second-order valence-electron chi connectivity index (χ2n) is 5.94. The average Bonchev–Trinajstić information content (AvgIpc) is 2.69. The summed E-state index contributed by atoms with van der Waals surface area (Å²) in [6, 6.07) is 14.2. The van der Waals surface area contributed by atoms with E-state index in [9.17, 15) is 9.59 Å². The van der Waals surface area contributed by atoms with Crippen molar-refractivity contribution in [3.8, 4) is 11.5 Å². The van der Waals surface area contributed by atoms with Crippen molar-refractivity contribution in [2.24, 2.45) is 0 Å². The number of rotatable bonds is 9. The fraction of sp³-hybridized carbons (Fsp3) is 0.182. The fourth-order valence-corrected chi connectivity index (χ4v) is 2.17. The van der Waals surface area contributed by atoms with Crippen molar-refractivity contribution < 1.29 is 19.1 Å². The van der Waals surface area contributed by atoms with Gasteiger partial charge in [0, 0.05) is 25.2 Å². The first kappa shape index (κ1) is 20.0. The number of carbonyl (C=O) groups excluding carboxylic acids is 2. The molecule has 2 aromatic carbocycles. The van der Waals surface area contributed by atoms with Crippen LogP contribution in [0.25, 0.3) is 6.08 Å². The van der Waals surface area contributed by atoms with E-state index in [0.717, 1.165) is 5.56 Å². The monoisotopic (exact) mass is 365 g/mol. The van der Waals surface area contributed by atoms with Crippen LogP contribution in [0, 0.1) is 0 Å². The van der Waals surface area contributed by atoms with E-state index in [4.69, 9.17) is 9.47 Å².